The molecule has 0 bridgehead atoms. The van der Waals surface area contributed by atoms with Gasteiger partial charge in [0.15, 0.2) is 0 Å². The molecule has 0 saturated carbocycles. The highest BCUT2D eigenvalue weighted by molar-refractivity contribution is 6.30. The van der Waals surface area contributed by atoms with E-state index in [0.717, 1.165) is 47.0 Å². The van der Waals surface area contributed by atoms with Crippen molar-refractivity contribution >= 4 is 11.6 Å². The molecule has 0 radical (unpaired) electrons. The normalized spacial score (nSPS) is 13.8. The van der Waals surface area contributed by atoms with Gasteiger partial charge in [0.2, 0.25) is 0 Å². The van der Waals surface area contributed by atoms with Crippen molar-refractivity contribution in [3.8, 4) is 16.9 Å². The zero-order valence-electron chi connectivity index (χ0n) is 12.9. The largest absolute Gasteiger partial charge is 0.312 e. The molecule has 0 fully saturated rings. The lowest BCUT2D eigenvalue weighted by molar-refractivity contribution is 0.622. The van der Waals surface area contributed by atoms with Crippen LogP contribution in [0.3, 0.4) is 0 Å². The molecule has 4 rings (SSSR count). The Kier molecular flexibility index (Phi) is 3.63. The van der Waals surface area contributed by atoms with Crippen molar-refractivity contribution < 1.29 is 0 Å². The van der Waals surface area contributed by atoms with E-state index in [1.807, 2.05) is 30.5 Å². The van der Waals surface area contributed by atoms with Gasteiger partial charge in [0.05, 0.1) is 17.1 Å². The number of aryl methyl sites for hydroxylation is 1. The van der Waals surface area contributed by atoms with Crippen LogP contribution in [0, 0.1) is 6.92 Å². The van der Waals surface area contributed by atoms with Crippen LogP contribution in [0.4, 0.5) is 0 Å². The third kappa shape index (κ3) is 2.54. The predicted octanol–water partition coefficient (Wildman–Crippen LogP) is 3.54. The van der Waals surface area contributed by atoms with Gasteiger partial charge in [-0.2, -0.15) is 5.10 Å². The predicted molar refractivity (Wildman–Crippen MR) is 92.0 cm³/mol. The fraction of sp³-hybridized carbons (Fsp3) is 0.222. The van der Waals surface area contributed by atoms with Crippen molar-refractivity contribution in [2.45, 2.75) is 19.9 Å². The van der Waals surface area contributed by atoms with Gasteiger partial charge in [-0.05, 0) is 36.8 Å². The average molecular weight is 325 g/mol. The molecule has 0 unspecified atom stereocenters. The van der Waals surface area contributed by atoms with Gasteiger partial charge in [-0.1, -0.05) is 17.7 Å². The van der Waals surface area contributed by atoms with Crippen molar-refractivity contribution in [2.75, 3.05) is 6.54 Å². The first-order chi connectivity index (χ1) is 11.2. The summed E-state index contributed by atoms with van der Waals surface area (Å²) in [6.45, 7) is 3.88. The first kappa shape index (κ1) is 14.4. The maximum Gasteiger partial charge on any atom is 0.0990 e. The highest BCUT2D eigenvalue weighted by Crippen LogP contribution is 2.30. The van der Waals surface area contributed by atoms with Gasteiger partial charge in [-0.3, -0.25) is 4.98 Å². The minimum absolute atomic E-state index is 0.728. The summed E-state index contributed by atoms with van der Waals surface area (Å²) in [6, 6.07) is 9.94. The maximum atomic E-state index is 6.21. The Morgan fingerprint density at radius 1 is 1.26 bits per heavy atom. The van der Waals surface area contributed by atoms with E-state index in [1.165, 1.54) is 11.3 Å². The number of pyridine rings is 1. The van der Waals surface area contributed by atoms with Crippen LogP contribution in [0.1, 0.15) is 16.8 Å². The lowest BCUT2D eigenvalue weighted by atomic mass is 10.0. The Morgan fingerprint density at radius 3 is 3.00 bits per heavy atom. The number of fused-ring (bicyclic) bond motifs is 1. The lowest BCUT2D eigenvalue weighted by Gasteiger charge is -2.16. The Bertz CT molecular complexity index is 855. The molecule has 5 heteroatoms. The Balaban J connectivity index is 1.94. The average Bonchev–Trinajstić information content (AvgIpc) is 2.97. The maximum absolute atomic E-state index is 6.21. The van der Waals surface area contributed by atoms with Crippen LogP contribution in [0.5, 0.6) is 0 Å². The van der Waals surface area contributed by atoms with E-state index in [2.05, 4.69) is 28.0 Å². The number of hydrogen-bond donors (Lipinski definition) is 1. The number of rotatable bonds is 2. The van der Waals surface area contributed by atoms with Gasteiger partial charge in [0.1, 0.15) is 0 Å². The fourth-order valence-electron chi connectivity index (χ4n) is 3.09. The van der Waals surface area contributed by atoms with Crippen molar-refractivity contribution in [3.05, 3.63) is 64.6 Å². The van der Waals surface area contributed by atoms with E-state index < -0.39 is 0 Å². The van der Waals surface area contributed by atoms with Gasteiger partial charge in [-0.15, -0.1) is 0 Å². The summed E-state index contributed by atoms with van der Waals surface area (Å²) in [6.07, 6.45) is 4.60. The summed E-state index contributed by atoms with van der Waals surface area (Å²) in [5.41, 5.74) is 6.77. The summed E-state index contributed by atoms with van der Waals surface area (Å²) in [5, 5.41) is 9.08. The highest BCUT2D eigenvalue weighted by Gasteiger charge is 2.23. The molecule has 0 saturated heterocycles. The first-order valence-electron chi connectivity index (χ1n) is 7.72. The molecule has 0 spiro atoms. The van der Waals surface area contributed by atoms with E-state index >= 15 is 0 Å². The molecule has 0 atom stereocenters. The molecule has 0 aliphatic carbocycles. The topological polar surface area (TPSA) is 42.7 Å². The first-order valence-corrected chi connectivity index (χ1v) is 8.10. The van der Waals surface area contributed by atoms with Gasteiger partial charge in [0, 0.05) is 48.1 Å². The van der Waals surface area contributed by atoms with E-state index in [1.54, 1.807) is 6.20 Å². The summed E-state index contributed by atoms with van der Waals surface area (Å²) >= 11 is 6.21. The van der Waals surface area contributed by atoms with Crippen LogP contribution in [0.2, 0.25) is 5.02 Å². The second kappa shape index (κ2) is 5.80. The van der Waals surface area contributed by atoms with Crippen molar-refractivity contribution in [3.63, 3.8) is 0 Å². The number of halogens is 1. The Hall–Kier alpha value is -2.17. The molecule has 116 valence electrons. The quantitative estimate of drug-likeness (QED) is 0.784. The molecule has 3 heterocycles. The van der Waals surface area contributed by atoms with Gasteiger partial charge >= 0.3 is 0 Å². The summed E-state index contributed by atoms with van der Waals surface area (Å²) in [5.74, 6) is 0. The zero-order valence-corrected chi connectivity index (χ0v) is 13.6. The molecule has 4 nitrogen and oxygen atoms in total. The number of hydrogen-bond acceptors (Lipinski definition) is 3. The smallest absolute Gasteiger partial charge is 0.0990 e. The second-order valence-corrected chi connectivity index (χ2v) is 6.22. The van der Waals surface area contributed by atoms with Crippen molar-refractivity contribution in [1.82, 2.24) is 20.1 Å². The third-order valence-corrected chi connectivity index (χ3v) is 4.50. The van der Waals surface area contributed by atoms with Gasteiger partial charge < -0.3 is 5.32 Å². The van der Waals surface area contributed by atoms with E-state index in [9.17, 15) is 0 Å². The van der Waals surface area contributed by atoms with Crippen molar-refractivity contribution in [1.29, 1.82) is 0 Å². The third-order valence-electron chi connectivity index (χ3n) is 4.26. The molecule has 23 heavy (non-hydrogen) atoms. The summed E-state index contributed by atoms with van der Waals surface area (Å²) in [4.78, 5) is 4.23. The van der Waals surface area contributed by atoms with Crippen LogP contribution in [0.15, 0.2) is 42.7 Å². The summed E-state index contributed by atoms with van der Waals surface area (Å²) in [7, 11) is 0. The number of nitrogens with zero attached hydrogens (tertiary/aromatic N) is 3. The monoisotopic (exact) mass is 324 g/mol. The number of aromatic nitrogens is 3. The Labute approximate surface area is 140 Å². The second-order valence-electron chi connectivity index (χ2n) is 5.78. The fourth-order valence-corrected chi connectivity index (χ4v) is 3.26. The Morgan fingerprint density at radius 2 is 2.17 bits per heavy atom. The lowest BCUT2D eigenvalue weighted by Crippen LogP contribution is -2.24. The van der Waals surface area contributed by atoms with Gasteiger partial charge in [0.25, 0.3) is 0 Å². The molecule has 1 N–H and O–H groups in total. The minimum Gasteiger partial charge on any atom is -0.312 e. The van der Waals surface area contributed by atoms with Crippen molar-refractivity contribution in [2.24, 2.45) is 0 Å². The SMILES string of the molecule is Cc1ccc(Cl)cc1-n1nc(-c2cccnc2)c2c1CCNC2. The molecule has 1 aliphatic heterocycles. The van der Waals surface area contributed by atoms with E-state index in [-0.39, 0.29) is 0 Å². The van der Waals surface area contributed by atoms with Crippen LogP contribution >= 0.6 is 11.6 Å². The minimum atomic E-state index is 0.728. The standard InChI is InChI=1S/C18H17ClN4/c1-12-4-5-14(19)9-17(12)23-16-6-8-21-11-15(16)18(22-23)13-3-2-7-20-10-13/h2-5,7,9-10,21H,6,8,11H2,1H3. The molecular weight excluding hydrogens is 308 g/mol. The highest BCUT2D eigenvalue weighted by atomic mass is 35.5. The number of benzene rings is 1. The van der Waals surface area contributed by atoms with Crippen LogP contribution < -0.4 is 5.32 Å². The van der Waals surface area contributed by atoms with E-state index in [0.29, 0.717) is 0 Å². The molecular formula is C18H17ClN4. The van der Waals surface area contributed by atoms with E-state index in [4.69, 9.17) is 16.7 Å². The molecule has 1 aromatic carbocycles. The van der Waals surface area contributed by atoms with Crippen LogP contribution in [-0.4, -0.2) is 21.3 Å². The molecule has 1 aliphatic rings. The summed E-state index contributed by atoms with van der Waals surface area (Å²) < 4.78 is 2.06. The zero-order chi connectivity index (χ0) is 15.8. The van der Waals surface area contributed by atoms with Crippen LogP contribution in [0.25, 0.3) is 16.9 Å². The molecule has 3 aromatic rings. The molecule has 2 aromatic heterocycles. The molecule has 0 amide bonds. The van der Waals surface area contributed by atoms with Crippen LogP contribution in [-0.2, 0) is 13.0 Å². The number of nitrogens with one attached hydrogen (secondary N) is 1. The van der Waals surface area contributed by atoms with Gasteiger partial charge in [-0.25, -0.2) is 4.68 Å².